The van der Waals surface area contributed by atoms with Gasteiger partial charge >= 0.3 is 0 Å². The van der Waals surface area contributed by atoms with Crippen LogP contribution in [-0.4, -0.2) is 25.4 Å². The third kappa shape index (κ3) is 4.15. The zero-order chi connectivity index (χ0) is 20.6. The molecule has 0 aliphatic rings. The zero-order valence-electron chi connectivity index (χ0n) is 15.3. The van der Waals surface area contributed by atoms with Gasteiger partial charge in [-0.15, -0.1) is 0 Å². The van der Waals surface area contributed by atoms with Crippen molar-refractivity contribution in [1.82, 2.24) is 15.0 Å². The minimum atomic E-state index is -3.09. The lowest BCUT2D eigenvalue weighted by molar-refractivity contribution is 0.598. The van der Waals surface area contributed by atoms with E-state index in [4.69, 9.17) is 16.4 Å². The summed E-state index contributed by atoms with van der Waals surface area (Å²) in [5, 5.41) is 3.41. The van der Waals surface area contributed by atoms with E-state index in [9.17, 15) is 13.0 Å². The molecule has 10 heteroatoms. The topological polar surface area (TPSA) is 94.5 Å². The van der Waals surface area contributed by atoms with E-state index < -0.39 is 27.4 Å². The van der Waals surface area contributed by atoms with Crippen molar-refractivity contribution in [2.24, 2.45) is 0 Å². The second kappa shape index (κ2) is 7.48. The van der Waals surface area contributed by atoms with E-state index in [0.717, 1.165) is 0 Å². The van der Waals surface area contributed by atoms with E-state index in [2.05, 4.69) is 20.3 Å². The molecule has 0 bridgehead atoms. The van der Waals surface area contributed by atoms with Crippen LogP contribution in [0.2, 0.25) is 5.02 Å². The maximum Gasteiger partial charge on any atom is 0.156 e. The summed E-state index contributed by atoms with van der Waals surface area (Å²) in [5.74, 6) is -0.479. The summed E-state index contributed by atoms with van der Waals surface area (Å²) in [7, 11) is -3.09. The van der Waals surface area contributed by atoms with Gasteiger partial charge in [0, 0.05) is 22.5 Å². The Morgan fingerprint density at radius 2 is 1.86 bits per heavy atom. The lowest BCUT2D eigenvalue weighted by Crippen LogP contribution is -2.17. The number of nitrogens with one attached hydrogen (secondary N) is 3. The number of rotatable bonds is 5. The number of anilines is 1. The number of halogens is 3. The molecule has 0 amide bonds. The van der Waals surface area contributed by atoms with Gasteiger partial charge in [0.25, 0.3) is 0 Å². The van der Waals surface area contributed by atoms with Crippen LogP contribution in [0.3, 0.4) is 0 Å². The third-order valence-electron chi connectivity index (χ3n) is 4.08. The normalized spacial score (nSPS) is 14.5. The maximum absolute atomic E-state index is 14.6. The van der Waals surface area contributed by atoms with Crippen molar-refractivity contribution < 1.29 is 13.0 Å². The quantitative estimate of drug-likeness (QED) is 0.557. The van der Waals surface area contributed by atoms with Gasteiger partial charge < -0.3 is 10.3 Å². The highest BCUT2D eigenvalue weighted by molar-refractivity contribution is 7.91. The fourth-order valence-corrected chi connectivity index (χ4v) is 3.87. The Bertz CT molecular complexity index is 1150. The van der Waals surface area contributed by atoms with Crippen molar-refractivity contribution in [3.8, 4) is 0 Å². The smallest absolute Gasteiger partial charge is 0.156 e. The largest absolute Gasteiger partial charge is 0.356 e. The number of hydrogen-bond acceptors (Lipinski definition) is 5. The molecule has 0 fully saturated rings. The Kier molecular flexibility index (Phi) is 5.40. The van der Waals surface area contributed by atoms with Gasteiger partial charge in [-0.3, -0.25) is 0 Å². The predicted octanol–water partition coefficient (Wildman–Crippen LogP) is 4.59. The van der Waals surface area contributed by atoms with E-state index >= 15 is 0 Å². The van der Waals surface area contributed by atoms with Gasteiger partial charge in [0.2, 0.25) is 0 Å². The molecular weight excluding hydrogens is 408 g/mol. The standard InChI is InChI=1S/C18H18ClF2N5OS/c1-9-13(20)6-7-15(23-9)25-16(12-8-11(19)4-5-14(12)21)17-24-10(2)18(26-17)28(3,22)27/h4-8,16,22H,1-3H3,(H,23,25)(H,24,26)/t16?,28-/m1/s1. The van der Waals surface area contributed by atoms with Gasteiger partial charge in [0.05, 0.1) is 15.4 Å². The Morgan fingerprint density at radius 3 is 2.46 bits per heavy atom. The summed E-state index contributed by atoms with van der Waals surface area (Å²) < 4.78 is 48.1. The molecule has 2 heterocycles. The van der Waals surface area contributed by atoms with Gasteiger partial charge in [0.15, 0.2) is 5.03 Å². The predicted molar refractivity (Wildman–Crippen MR) is 104 cm³/mol. The van der Waals surface area contributed by atoms with E-state index in [-0.39, 0.29) is 22.1 Å². The highest BCUT2D eigenvalue weighted by Crippen LogP contribution is 2.30. The number of pyridine rings is 1. The number of nitrogens with zero attached hydrogens (tertiary/aromatic N) is 2. The van der Waals surface area contributed by atoms with Crippen molar-refractivity contribution in [1.29, 1.82) is 4.78 Å². The monoisotopic (exact) mass is 425 g/mol. The van der Waals surface area contributed by atoms with Gasteiger partial charge in [-0.2, -0.15) is 0 Å². The van der Waals surface area contributed by atoms with E-state index in [0.29, 0.717) is 16.5 Å². The molecule has 0 spiro atoms. The van der Waals surface area contributed by atoms with E-state index in [1.54, 1.807) is 6.92 Å². The van der Waals surface area contributed by atoms with Gasteiger partial charge in [-0.1, -0.05) is 11.6 Å². The van der Waals surface area contributed by atoms with E-state index in [1.807, 2.05) is 0 Å². The number of hydrogen-bond donors (Lipinski definition) is 3. The fraction of sp³-hybridized carbons (Fsp3) is 0.222. The van der Waals surface area contributed by atoms with Crippen LogP contribution in [0.5, 0.6) is 0 Å². The Labute approximate surface area is 166 Å². The summed E-state index contributed by atoms with van der Waals surface area (Å²) in [6.07, 6.45) is 1.26. The molecule has 2 atom stereocenters. The first-order chi connectivity index (χ1) is 13.1. The maximum atomic E-state index is 14.6. The summed E-state index contributed by atoms with van der Waals surface area (Å²) >= 11 is 6.04. The van der Waals surface area contributed by atoms with E-state index in [1.165, 1.54) is 43.5 Å². The lowest BCUT2D eigenvalue weighted by Gasteiger charge is -2.19. The van der Waals surface area contributed by atoms with Crippen LogP contribution in [0.1, 0.15) is 28.8 Å². The average molecular weight is 426 g/mol. The number of H-pyrrole nitrogens is 1. The summed E-state index contributed by atoms with van der Waals surface area (Å²) in [6, 6.07) is 5.86. The van der Waals surface area contributed by atoms with Crippen LogP contribution in [0, 0.1) is 30.3 Å². The molecule has 148 valence electrons. The number of aryl methyl sites for hydroxylation is 2. The summed E-state index contributed by atoms with van der Waals surface area (Å²) in [4.78, 5) is 11.3. The third-order valence-corrected chi connectivity index (χ3v) is 5.45. The average Bonchev–Trinajstić information content (AvgIpc) is 3.00. The molecule has 0 aliphatic heterocycles. The van der Waals surface area contributed by atoms with Crippen LogP contribution >= 0.6 is 11.6 Å². The molecule has 0 saturated carbocycles. The first kappa shape index (κ1) is 20.2. The SMILES string of the molecule is Cc1nc(NC(c2nc([S@](C)(=N)=O)c(C)[nH]2)c2cc(Cl)ccc2F)ccc1F. The molecule has 0 saturated heterocycles. The summed E-state index contributed by atoms with van der Waals surface area (Å²) in [6.45, 7) is 3.14. The highest BCUT2D eigenvalue weighted by atomic mass is 35.5. The van der Waals surface area contributed by atoms with Crippen LogP contribution in [0.25, 0.3) is 0 Å². The van der Waals surface area contributed by atoms with Crippen molar-refractivity contribution in [2.45, 2.75) is 24.9 Å². The van der Waals surface area contributed by atoms with Gasteiger partial charge in [-0.05, 0) is 44.2 Å². The molecule has 0 aliphatic carbocycles. The molecular formula is C18H18ClF2N5OS. The number of aromatic amines is 1. The number of benzene rings is 1. The summed E-state index contributed by atoms with van der Waals surface area (Å²) in [5.41, 5.74) is 0.786. The first-order valence-corrected chi connectivity index (χ1v) is 10.6. The molecule has 2 aromatic heterocycles. The second-order valence-corrected chi connectivity index (χ2v) is 8.91. The Morgan fingerprint density at radius 1 is 1.18 bits per heavy atom. The number of imidazole rings is 1. The highest BCUT2D eigenvalue weighted by Gasteiger charge is 2.25. The van der Waals surface area contributed by atoms with Crippen LogP contribution < -0.4 is 5.32 Å². The second-order valence-electron chi connectivity index (χ2n) is 6.40. The molecule has 28 heavy (non-hydrogen) atoms. The minimum absolute atomic E-state index is 0.0833. The van der Waals surface area contributed by atoms with Crippen LogP contribution in [0.15, 0.2) is 35.4 Å². The lowest BCUT2D eigenvalue weighted by atomic mass is 10.1. The van der Waals surface area contributed by atoms with Crippen molar-refractivity contribution >= 4 is 27.1 Å². The zero-order valence-corrected chi connectivity index (χ0v) is 16.9. The molecule has 1 aromatic carbocycles. The van der Waals surface area contributed by atoms with Crippen molar-refractivity contribution in [3.05, 3.63) is 69.8 Å². The van der Waals surface area contributed by atoms with Crippen molar-refractivity contribution in [2.75, 3.05) is 11.6 Å². The molecule has 3 rings (SSSR count). The van der Waals surface area contributed by atoms with Gasteiger partial charge in [0.1, 0.15) is 29.3 Å². The van der Waals surface area contributed by atoms with Crippen LogP contribution in [0.4, 0.5) is 14.6 Å². The molecule has 3 N–H and O–H groups in total. The minimum Gasteiger partial charge on any atom is -0.356 e. The van der Waals surface area contributed by atoms with Crippen molar-refractivity contribution in [3.63, 3.8) is 0 Å². The Balaban J connectivity index is 2.14. The molecule has 0 radical (unpaired) electrons. The van der Waals surface area contributed by atoms with Gasteiger partial charge in [-0.25, -0.2) is 27.7 Å². The fourth-order valence-electron chi connectivity index (χ4n) is 2.78. The molecule has 1 unspecified atom stereocenters. The number of aromatic nitrogens is 3. The molecule has 3 aromatic rings. The molecule has 6 nitrogen and oxygen atoms in total. The first-order valence-electron chi connectivity index (χ1n) is 8.21. The Hall–Kier alpha value is -2.52. The van der Waals surface area contributed by atoms with Crippen LogP contribution in [-0.2, 0) is 9.73 Å².